The molecule has 0 saturated heterocycles. The molecule has 3 aromatic carbocycles. The number of aliphatic carboxylic acids is 1. The Morgan fingerprint density at radius 3 is 2.46 bits per heavy atom. The summed E-state index contributed by atoms with van der Waals surface area (Å²) in [6, 6.07) is 12.5. The largest absolute Gasteiger partial charge is 0.496 e. The van der Waals surface area contributed by atoms with E-state index in [4.69, 9.17) is 14.2 Å². The average Bonchev–Trinajstić information content (AvgIpc) is 3.30. The Kier molecular flexibility index (Phi) is 7.10. The molecule has 3 aromatic rings. The summed E-state index contributed by atoms with van der Waals surface area (Å²) in [4.78, 5) is 15.1. The number of hydrogen-bond acceptors (Lipinski definition) is 5. The van der Waals surface area contributed by atoms with Gasteiger partial charge in [-0.05, 0) is 130 Å². The van der Waals surface area contributed by atoms with E-state index >= 15 is 0 Å². The number of methoxy groups -OCH3 is 1. The van der Waals surface area contributed by atoms with Crippen LogP contribution in [0.3, 0.4) is 0 Å². The molecule has 6 heteroatoms. The maximum absolute atomic E-state index is 12.7. The van der Waals surface area contributed by atoms with Gasteiger partial charge in [-0.1, -0.05) is 6.07 Å². The number of rotatable bonds is 6. The van der Waals surface area contributed by atoms with Crippen LogP contribution in [0, 0.1) is 20.8 Å². The zero-order chi connectivity index (χ0) is 28.1. The van der Waals surface area contributed by atoms with Crippen molar-refractivity contribution in [3.8, 4) is 22.6 Å². The van der Waals surface area contributed by atoms with Gasteiger partial charge in [0, 0.05) is 23.5 Å². The fourth-order valence-electron chi connectivity index (χ4n) is 6.11. The van der Waals surface area contributed by atoms with E-state index in [9.17, 15) is 9.90 Å². The zero-order valence-electron chi connectivity index (χ0n) is 24.1. The zero-order valence-corrected chi connectivity index (χ0v) is 24.1. The Labute approximate surface area is 231 Å². The maximum Gasteiger partial charge on any atom is 0.337 e. The molecule has 2 aliphatic rings. The van der Waals surface area contributed by atoms with E-state index in [2.05, 4.69) is 49.1 Å². The Bertz CT molecular complexity index is 1440. The molecule has 0 fully saturated rings. The monoisotopic (exact) mass is 529 g/mol. The number of benzene rings is 3. The second-order valence-electron chi connectivity index (χ2n) is 11.7. The SMILES string of the molecule is COc1ccc(N2CCc3c2cc(C)c([C@H](OC(C)(C)C)C(=O)O)c3-c2ccc3c(c2C)CCCO3)cc1C. The Hall–Kier alpha value is -3.51. The highest BCUT2D eigenvalue weighted by molar-refractivity contribution is 5.89. The van der Waals surface area contributed by atoms with Gasteiger partial charge in [0.15, 0.2) is 6.10 Å². The number of ether oxygens (including phenoxy) is 3. The summed E-state index contributed by atoms with van der Waals surface area (Å²) in [6.45, 7) is 13.4. The molecule has 2 aliphatic heterocycles. The molecule has 0 unspecified atom stereocenters. The first-order valence-electron chi connectivity index (χ1n) is 13.7. The van der Waals surface area contributed by atoms with Crippen LogP contribution in [0.1, 0.15) is 66.7 Å². The van der Waals surface area contributed by atoms with Gasteiger partial charge in [-0.15, -0.1) is 0 Å². The molecule has 206 valence electrons. The average molecular weight is 530 g/mol. The van der Waals surface area contributed by atoms with Crippen molar-refractivity contribution in [1.82, 2.24) is 0 Å². The summed E-state index contributed by atoms with van der Waals surface area (Å²) in [5.74, 6) is 0.819. The van der Waals surface area contributed by atoms with Gasteiger partial charge >= 0.3 is 5.97 Å². The van der Waals surface area contributed by atoms with E-state index in [1.807, 2.05) is 33.8 Å². The lowest BCUT2D eigenvalue weighted by Crippen LogP contribution is -2.28. The smallest absolute Gasteiger partial charge is 0.337 e. The first-order valence-corrected chi connectivity index (χ1v) is 13.7. The molecule has 0 aliphatic carbocycles. The summed E-state index contributed by atoms with van der Waals surface area (Å²) >= 11 is 0. The normalized spacial score (nSPS) is 15.4. The quantitative estimate of drug-likeness (QED) is 0.363. The van der Waals surface area contributed by atoms with Crippen LogP contribution >= 0.6 is 0 Å². The van der Waals surface area contributed by atoms with Crippen molar-refractivity contribution in [1.29, 1.82) is 0 Å². The lowest BCUT2D eigenvalue weighted by Gasteiger charge is -2.30. The topological polar surface area (TPSA) is 68.2 Å². The van der Waals surface area contributed by atoms with E-state index in [1.165, 1.54) is 5.56 Å². The number of aryl methyl sites for hydroxylation is 2. The number of carboxylic acids is 1. The van der Waals surface area contributed by atoms with Crippen molar-refractivity contribution in [3.05, 3.63) is 69.8 Å². The van der Waals surface area contributed by atoms with Crippen molar-refractivity contribution in [2.24, 2.45) is 0 Å². The lowest BCUT2D eigenvalue weighted by molar-refractivity contribution is -0.160. The Morgan fingerprint density at radius 2 is 1.79 bits per heavy atom. The molecule has 1 N–H and O–H groups in total. The third-order valence-corrected chi connectivity index (χ3v) is 7.84. The molecule has 1 atom stereocenters. The number of carbonyl (C=O) groups is 1. The predicted octanol–water partition coefficient (Wildman–Crippen LogP) is 7.25. The van der Waals surface area contributed by atoms with Gasteiger partial charge < -0.3 is 24.2 Å². The van der Waals surface area contributed by atoms with Crippen molar-refractivity contribution in [3.63, 3.8) is 0 Å². The molecule has 6 nitrogen and oxygen atoms in total. The number of fused-ring (bicyclic) bond motifs is 2. The molecule has 0 radical (unpaired) electrons. The standard InChI is InChI=1S/C33H39NO5/c1-19-17-22(10-12-27(19)37-7)34-15-14-25-26(34)18-20(2)29(31(32(35)36)39-33(4,5)6)30(25)24-11-13-28-23(21(24)3)9-8-16-38-28/h10-13,17-18,31H,8-9,14-16H2,1-7H3,(H,35,36)/t31-/m0/s1. The van der Waals surface area contributed by atoms with Gasteiger partial charge in [-0.25, -0.2) is 4.79 Å². The van der Waals surface area contributed by atoms with E-state index in [0.717, 1.165) is 94.2 Å². The van der Waals surface area contributed by atoms with Gasteiger partial charge in [0.2, 0.25) is 0 Å². The van der Waals surface area contributed by atoms with Crippen molar-refractivity contribution >= 4 is 17.3 Å². The molecule has 0 aromatic heterocycles. The molecule has 0 spiro atoms. The molecular weight excluding hydrogens is 490 g/mol. The maximum atomic E-state index is 12.7. The van der Waals surface area contributed by atoms with Crippen LogP contribution in [-0.4, -0.2) is 36.9 Å². The van der Waals surface area contributed by atoms with E-state index < -0.39 is 17.7 Å². The van der Waals surface area contributed by atoms with Gasteiger partial charge in [-0.2, -0.15) is 0 Å². The van der Waals surface area contributed by atoms with E-state index in [1.54, 1.807) is 7.11 Å². The summed E-state index contributed by atoms with van der Waals surface area (Å²) < 4.78 is 17.7. The number of nitrogens with zero attached hydrogens (tertiary/aromatic N) is 1. The van der Waals surface area contributed by atoms with Crippen LogP contribution in [-0.2, 0) is 22.4 Å². The van der Waals surface area contributed by atoms with Crippen molar-refractivity contribution in [2.45, 2.75) is 72.5 Å². The third-order valence-electron chi connectivity index (χ3n) is 7.84. The van der Waals surface area contributed by atoms with Crippen LogP contribution < -0.4 is 14.4 Å². The molecule has 5 rings (SSSR count). The molecule has 0 amide bonds. The molecule has 39 heavy (non-hydrogen) atoms. The first-order chi connectivity index (χ1) is 18.5. The van der Waals surface area contributed by atoms with Crippen LogP contribution in [0.15, 0.2) is 36.4 Å². The van der Waals surface area contributed by atoms with Gasteiger partial charge in [-0.3, -0.25) is 0 Å². The molecule has 0 bridgehead atoms. The number of anilines is 2. The fourth-order valence-corrected chi connectivity index (χ4v) is 6.11. The summed E-state index contributed by atoms with van der Waals surface area (Å²) in [7, 11) is 1.69. The summed E-state index contributed by atoms with van der Waals surface area (Å²) in [5.41, 5.74) is 9.88. The first kappa shape index (κ1) is 27.1. The molecular formula is C33H39NO5. The summed E-state index contributed by atoms with van der Waals surface area (Å²) in [6.07, 6.45) is 1.65. The second-order valence-corrected chi connectivity index (χ2v) is 11.7. The van der Waals surface area contributed by atoms with Gasteiger partial charge in [0.05, 0.1) is 19.3 Å². The third kappa shape index (κ3) is 4.98. The highest BCUT2D eigenvalue weighted by Crippen LogP contribution is 2.48. The molecule has 2 heterocycles. The van der Waals surface area contributed by atoms with E-state index in [-0.39, 0.29) is 0 Å². The second kappa shape index (κ2) is 10.2. The molecule has 0 saturated carbocycles. The van der Waals surface area contributed by atoms with Gasteiger partial charge in [0.1, 0.15) is 11.5 Å². The number of hydrogen-bond donors (Lipinski definition) is 1. The minimum absolute atomic E-state index is 0.628. The minimum Gasteiger partial charge on any atom is -0.496 e. The fraction of sp³-hybridized carbons (Fsp3) is 0.424. The van der Waals surface area contributed by atoms with Crippen molar-refractivity contribution < 1.29 is 24.1 Å². The predicted molar refractivity (Wildman–Crippen MR) is 155 cm³/mol. The number of carboxylic acid groups (broad SMARTS) is 1. The highest BCUT2D eigenvalue weighted by atomic mass is 16.5. The van der Waals surface area contributed by atoms with E-state index in [0.29, 0.717) is 0 Å². The van der Waals surface area contributed by atoms with Crippen LogP contribution in [0.5, 0.6) is 11.5 Å². The lowest BCUT2D eigenvalue weighted by atomic mass is 9.83. The Balaban J connectivity index is 1.76. The summed E-state index contributed by atoms with van der Waals surface area (Å²) in [5, 5.41) is 10.4. The van der Waals surface area contributed by atoms with Crippen LogP contribution in [0.4, 0.5) is 11.4 Å². The van der Waals surface area contributed by atoms with Crippen LogP contribution in [0.25, 0.3) is 11.1 Å². The van der Waals surface area contributed by atoms with Crippen molar-refractivity contribution in [2.75, 3.05) is 25.2 Å². The highest BCUT2D eigenvalue weighted by Gasteiger charge is 2.36. The van der Waals surface area contributed by atoms with Crippen LogP contribution in [0.2, 0.25) is 0 Å². The Morgan fingerprint density at radius 1 is 1.03 bits per heavy atom. The van der Waals surface area contributed by atoms with Gasteiger partial charge in [0.25, 0.3) is 0 Å². The minimum atomic E-state index is -1.09.